The van der Waals surface area contributed by atoms with Gasteiger partial charge in [0, 0.05) is 11.5 Å². The van der Waals surface area contributed by atoms with Gasteiger partial charge in [0.15, 0.2) is 0 Å². The Morgan fingerprint density at radius 3 is 2.89 bits per heavy atom. The van der Waals surface area contributed by atoms with E-state index in [9.17, 15) is 4.79 Å². The first-order valence-corrected chi connectivity index (χ1v) is 6.51. The standard InChI is InChI=1S/C15H21NO2/c1-11(16)15(10-14(17)18-2)9-5-7-12-6-3-4-8-13(12)15/h3-4,6,8,11H,5,7,9-10,16H2,1-2H3. The van der Waals surface area contributed by atoms with Crippen LogP contribution >= 0.6 is 0 Å². The molecule has 98 valence electrons. The van der Waals surface area contributed by atoms with Gasteiger partial charge in [0.1, 0.15) is 0 Å². The molecule has 0 amide bonds. The number of hydrogen-bond donors (Lipinski definition) is 1. The lowest BCUT2D eigenvalue weighted by atomic mass is 9.64. The van der Waals surface area contributed by atoms with Gasteiger partial charge in [-0.05, 0) is 37.3 Å². The number of hydrogen-bond acceptors (Lipinski definition) is 3. The number of carbonyl (C=O) groups excluding carboxylic acids is 1. The summed E-state index contributed by atoms with van der Waals surface area (Å²) in [5, 5.41) is 0. The Labute approximate surface area is 108 Å². The summed E-state index contributed by atoms with van der Waals surface area (Å²) < 4.78 is 4.85. The highest BCUT2D eigenvalue weighted by molar-refractivity contribution is 5.72. The largest absolute Gasteiger partial charge is 0.469 e. The molecule has 0 saturated heterocycles. The Morgan fingerprint density at radius 1 is 1.50 bits per heavy atom. The fourth-order valence-corrected chi connectivity index (χ4v) is 3.10. The fraction of sp³-hybridized carbons (Fsp3) is 0.533. The highest BCUT2D eigenvalue weighted by Gasteiger charge is 2.41. The van der Waals surface area contributed by atoms with Crippen LogP contribution in [0.25, 0.3) is 0 Å². The van der Waals surface area contributed by atoms with Crippen molar-refractivity contribution in [1.82, 2.24) is 0 Å². The molecule has 0 aliphatic heterocycles. The average Bonchev–Trinajstić information content (AvgIpc) is 2.38. The maximum atomic E-state index is 11.7. The Morgan fingerprint density at radius 2 is 2.22 bits per heavy atom. The van der Waals surface area contributed by atoms with Gasteiger partial charge in [0.25, 0.3) is 0 Å². The van der Waals surface area contributed by atoms with Crippen LogP contribution in [0.3, 0.4) is 0 Å². The third-order valence-corrected chi connectivity index (χ3v) is 4.18. The molecule has 2 N–H and O–H groups in total. The van der Waals surface area contributed by atoms with E-state index in [1.54, 1.807) is 0 Å². The molecule has 0 fully saturated rings. The molecule has 0 aromatic heterocycles. The van der Waals surface area contributed by atoms with Crippen LogP contribution in [0.5, 0.6) is 0 Å². The first kappa shape index (κ1) is 13.1. The molecule has 2 rings (SSSR count). The van der Waals surface area contributed by atoms with Gasteiger partial charge in [-0.25, -0.2) is 0 Å². The molecule has 2 unspecified atom stereocenters. The maximum absolute atomic E-state index is 11.7. The first-order chi connectivity index (χ1) is 8.60. The van der Waals surface area contributed by atoms with Crippen LogP contribution in [0.4, 0.5) is 0 Å². The van der Waals surface area contributed by atoms with E-state index in [4.69, 9.17) is 10.5 Å². The summed E-state index contributed by atoms with van der Waals surface area (Å²) in [5.41, 5.74) is 8.51. The number of nitrogens with two attached hydrogens (primary N) is 1. The molecule has 0 radical (unpaired) electrons. The van der Waals surface area contributed by atoms with E-state index in [-0.39, 0.29) is 17.4 Å². The number of rotatable bonds is 3. The number of ether oxygens (including phenoxy) is 1. The minimum absolute atomic E-state index is 0.0574. The van der Waals surface area contributed by atoms with Gasteiger partial charge in [-0.2, -0.15) is 0 Å². The summed E-state index contributed by atoms with van der Waals surface area (Å²) in [6.07, 6.45) is 3.48. The van der Waals surface area contributed by atoms with Crippen molar-refractivity contribution in [3.8, 4) is 0 Å². The van der Waals surface area contributed by atoms with Gasteiger partial charge in [0.2, 0.25) is 0 Å². The number of methoxy groups -OCH3 is 1. The second kappa shape index (κ2) is 5.11. The zero-order valence-electron chi connectivity index (χ0n) is 11.1. The van der Waals surface area contributed by atoms with Gasteiger partial charge in [-0.15, -0.1) is 0 Å². The van der Waals surface area contributed by atoms with Crippen LogP contribution in [-0.2, 0) is 21.4 Å². The molecule has 3 nitrogen and oxygen atoms in total. The third-order valence-electron chi connectivity index (χ3n) is 4.18. The molecular formula is C15H21NO2. The molecule has 1 aliphatic carbocycles. The summed E-state index contributed by atoms with van der Waals surface area (Å²) in [6, 6.07) is 8.27. The molecular weight excluding hydrogens is 226 g/mol. The number of esters is 1. The number of fused-ring (bicyclic) bond motifs is 1. The average molecular weight is 247 g/mol. The van der Waals surface area contributed by atoms with E-state index in [1.807, 2.05) is 19.1 Å². The summed E-state index contributed by atoms with van der Waals surface area (Å²) >= 11 is 0. The van der Waals surface area contributed by atoms with E-state index in [0.717, 1.165) is 19.3 Å². The fourth-order valence-electron chi connectivity index (χ4n) is 3.10. The zero-order chi connectivity index (χ0) is 13.2. The van der Waals surface area contributed by atoms with Crippen molar-refractivity contribution in [1.29, 1.82) is 0 Å². The monoisotopic (exact) mass is 247 g/mol. The quantitative estimate of drug-likeness (QED) is 0.833. The van der Waals surface area contributed by atoms with E-state index in [2.05, 4.69) is 12.1 Å². The SMILES string of the molecule is COC(=O)CC1(C(C)N)CCCc2ccccc21. The summed E-state index contributed by atoms with van der Waals surface area (Å²) in [6.45, 7) is 1.99. The van der Waals surface area contributed by atoms with E-state index >= 15 is 0 Å². The maximum Gasteiger partial charge on any atom is 0.306 e. The van der Waals surface area contributed by atoms with Gasteiger partial charge in [-0.3, -0.25) is 4.79 Å². The van der Waals surface area contributed by atoms with Crippen molar-refractivity contribution in [3.05, 3.63) is 35.4 Å². The summed E-state index contributed by atoms with van der Waals surface area (Å²) in [5.74, 6) is -0.177. The molecule has 1 aromatic rings. The van der Waals surface area contributed by atoms with Gasteiger partial charge in [0.05, 0.1) is 13.5 Å². The Kier molecular flexibility index (Phi) is 3.71. The second-order valence-electron chi connectivity index (χ2n) is 5.21. The van der Waals surface area contributed by atoms with Crippen LogP contribution < -0.4 is 5.73 Å². The summed E-state index contributed by atoms with van der Waals surface area (Å²) in [4.78, 5) is 11.7. The van der Waals surface area contributed by atoms with Crippen molar-refractivity contribution in [2.75, 3.05) is 7.11 Å². The normalized spacial score (nSPS) is 24.2. The molecule has 0 spiro atoms. The van der Waals surface area contributed by atoms with Crippen molar-refractivity contribution in [3.63, 3.8) is 0 Å². The smallest absolute Gasteiger partial charge is 0.306 e. The molecule has 0 saturated carbocycles. The lowest BCUT2D eigenvalue weighted by molar-refractivity contribution is -0.142. The Balaban J connectivity index is 2.46. The number of benzene rings is 1. The molecule has 0 heterocycles. The van der Waals surface area contributed by atoms with Gasteiger partial charge in [-0.1, -0.05) is 24.3 Å². The van der Waals surface area contributed by atoms with Crippen LogP contribution in [0.2, 0.25) is 0 Å². The van der Waals surface area contributed by atoms with Crippen molar-refractivity contribution < 1.29 is 9.53 Å². The molecule has 2 atom stereocenters. The molecule has 3 heteroatoms. The topological polar surface area (TPSA) is 52.3 Å². The predicted molar refractivity (Wildman–Crippen MR) is 71.3 cm³/mol. The lowest BCUT2D eigenvalue weighted by Crippen LogP contribution is -2.47. The zero-order valence-corrected chi connectivity index (χ0v) is 11.1. The number of carbonyl (C=O) groups is 1. The van der Waals surface area contributed by atoms with Crippen molar-refractivity contribution in [2.24, 2.45) is 5.73 Å². The number of aryl methyl sites for hydroxylation is 1. The summed E-state index contributed by atoms with van der Waals surface area (Å²) in [7, 11) is 1.44. The van der Waals surface area contributed by atoms with Crippen LogP contribution in [0.1, 0.15) is 37.3 Å². The Bertz CT molecular complexity index is 442. The van der Waals surface area contributed by atoms with E-state index in [0.29, 0.717) is 6.42 Å². The molecule has 0 bridgehead atoms. The Hall–Kier alpha value is -1.35. The highest BCUT2D eigenvalue weighted by atomic mass is 16.5. The second-order valence-corrected chi connectivity index (χ2v) is 5.21. The third kappa shape index (κ3) is 2.15. The lowest BCUT2D eigenvalue weighted by Gasteiger charge is -2.41. The van der Waals surface area contributed by atoms with Crippen molar-refractivity contribution >= 4 is 5.97 Å². The molecule has 1 aromatic carbocycles. The van der Waals surface area contributed by atoms with E-state index in [1.165, 1.54) is 18.2 Å². The van der Waals surface area contributed by atoms with Gasteiger partial charge >= 0.3 is 5.97 Å². The highest BCUT2D eigenvalue weighted by Crippen LogP contribution is 2.42. The van der Waals surface area contributed by atoms with E-state index < -0.39 is 0 Å². The van der Waals surface area contributed by atoms with Gasteiger partial charge < -0.3 is 10.5 Å². The molecule has 18 heavy (non-hydrogen) atoms. The van der Waals surface area contributed by atoms with Crippen LogP contribution in [0.15, 0.2) is 24.3 Å². The van der Waals surface area contributed by atoms with Crippen LogP contribution in [-0.4, -0.2) is 19.1 Å². The first-order valence-electron chi connectivity index (χ1n) is 6.51. The minimum Gasteiger partial charge on any atom is -0.469 e. The van der Waals surface area contributed by atoms with Crippen LogP contribution in [0, 0.1) is 0 Å². The predicted octanol–water partition coefficient (Wildman–Crippen LogP) is 2.17. The minimum atomic E-state index is -0.262. The van der Waals surface area contributed by atoms with Crippen molar-refractivity contribution in [2.45, 2.75) is 44.1 Å². The molecule has 1 aliphatic rings.